The largest absolute Gasteiger partial charge is 0.460 e. The quantitative estimate of drug-likeness (QED) is 0.413. The maximum absolute atomic E-state index is 14.6. The van der Waals surface area contributed by atoms with Crippen molar-refractivity contribution >= 4 is 33.5 Å². The van der Waals surface area contributed by atoms with E-state index in [1.807, 2.05) is 0 Å². The van der Waals surface area contributed by atoms with E-state index in [-0.39, 0.29) is 40.8 Å². The maximum Gasteiger partial charge on any atom is 0.344 e. The van der Waals surface area contributed by atoms with Gasteiger partial charge in [0.25, 0.3) is 0 Å². The highest BCUT2D eigenvalue weighted by atomic mass is 79.9. The van der Waals surface area contributed by atoms with Crippen LogP contribution in [0.4, 0.5) is 8.78 Å². The molecule has 1 aliphatic heterocycles. The third kappa shape index (κ3) is 5.25. The van der Waals surface area contributed by atoms with Crippen LogP contribution in [0.5, 0.6) is 6.01 Å². The van der Waals surface area contributed by atoms with Crippen molar-refractivity contribution in [1.29, 1.82) is 0 Å². The topological polar surface area (TPSA) is 75.5 Å². The lowest BCUT2D eigenvalue weighted by Gasteiger charge is -2.09. The highest BCUT2D eigenvalue weighted by Crippen LogP contribution is 2.29. The van der Waals surface area contributed by atoms with Crippen molar-refractivity contribution in [2.45, 2.75) is 18.9 Å². The molecule has 2 aromatic carbocycles. The number of halogens is 4. The first-order valence-electron chi connectivity index (χ1n) is 9.68. The van der Waals surface area contributed by atoms with Crippen molar-refractivity contribution in [3.05, 3.63) is 57.5 Å². The molecule has 2 heterocycles. The molecule has 1 aliphatic rings. The van der Waals surface area contributed by atoms with Crippen molar-refractivity contribution in [2.75, 3.05) is 19.8 Å². The van der Waals surface area contributed by atoms with Gasteiger partial charge in [-0.25, -0.2) is 18.3 Å². The second kappa shape index (κ2) is 9.93. The number of esters is 1. The Morgan fingerprint density at radius 2 is 2.09 bits per heavy atom. The smallest absolute Gasteiger partial charge is 0.344 e. The number of hydrogen-bond donors (Lipinski definition) is 0. The molecule has 0 N–H and O–H groups in total. The lowest BCUT2D eigenvalue weighted by atomic mass is 10.2. The van der Waals surface area contributed by atoms with Gasteiger partial charge in [0.15, 0.2) is 12.4 Å². The summed E-state index contributed by atoms with van der Waals surface area (Å²) in [7, 11) is 0. The number of aromatic nitrogens is 3. The summed E-state index contributed by atoms with van der Waals surface area (Å²) < 4.78 is 46.6. The second-order valence-electron chi connectivity index (χ2n) is 6.96. The number of carbonyl (C=O) groups excluding carboxylic acids is 1. The molecule has 168 valence electrons. The van der Waals surface area contributed by atoms with Crippen molar-refractivity contribution in [2.24, 2.45) is 0 Å². The van der Waals surface area contributed by atoms with Crippen LogP contribution in [0, 0.1) is 11.6 Å². The van der Waals surface area contributed by atoms with Crippen LogP contribution in [0.2, 0.25) is 5.02 Å². The molecule has 4 rings (SSSR count). The van der Waals surface area contributed by atoms with Crippen LogP contribution in [-0.2, 0) is 14.3 Å². The average Bonchev–Trinajstić information content (AvgIpc) is 3.41. The van der Waals surface area contributed by atoms with Gasteiger partial charge in [-0.2, -0.15) is 4.98 Å². The van der Waals surface area contributed by atoms with Gasteiger partial charge in [-0.3, -0.25) is 0 Å². The normalized spacial score (nSPS) is 15.7. The number of carbonyl (C=O) groups is 1. The summed E-state index contributed by atoms with van der Waals surface area (Å²) >= 11 is 9.03. The fourth-order valence-corrected chi connectivity index (χ4v) is 3.64. The second-order valence-corrected chi connectivity index (χ2v) is 8.31. The van der Waals surface area contributed by atoms with E-state index in [0.717, 1.165) is 23.6 Å². The molecule has 0 bridgehead atoms. The lowest BCUT2D eigenvalue weighted by molar-refractivity contribution is -0.149. The van der Waals surface area contributed by atoms with Gasteiger partial charge in [-0.15, -0.1) is 5.10 Å². The Balaban J connectivity index is 1.58. The Morgan fingerprint density at radius 1 is 1.25 bits per heavy atom. The molecule has 3 aromatic rings. The molecule has 1 fully saturated rings. The number of hydrogen-bond acceptors (Lipinski definition) is 6. The van der Waals surface area contributed by atoms with Gasteiger partial charge < -0.3 is 14.2 Å². The monoisotopic (exact) mass is 527 g/mol. The lowest BCUT2D eigenvalue weighted by Crippen LogP contribution is -2.22. The van der Waals surface area contributed by atoms with E-state index >= 15 is 0 Å². The van der Waals surface area contributed by atoms with Gasteiger partial charge >= 0.3 is 12.0 Å². The van der Waals surface area contributed by atoms with Gasteiger partial charge in [0.05, 0.1) is 11.7 Å². The molecule has 1 atom stereocenters. The molecule has 0 saturated carbocycles. The van der Waals surface area contributed by atoms with Crippen LogP contribution < -0.4 is 4.74 Å². The van der Waals surface area contributed by atoms with E-state index < -0.39 is 24.2 Å². The molecule has 1 aromatic heterocycles. The predicted molar refractivity (Wildman–Crippen MR) is 115 cm³/mol. The minimum atomic E-state index is -0.691. The first-order valence-corrected chi connectivity index (χ1v) is 10.9. The van der Waals surface area contributed by atoms with Crippen molar-refractivity contribution in [3.8, 4) is 23.1 Å². The molecule has 11 heteroatoms. The summed E-state index contributed by atoms with van der Waals surface area (Å²) in [5, 5.41) is 4.30. The fraction of sp³-hybridized carbons (Fsp3) is 0.286. The predicted octanol–water partition coefficient (Wildman–Crippen LogP) is 4.73. The number of benzene rings is 2. The van der Waals surface area contributed by atoms with Crippen LogP contribution in [0.3, 0.4) is 0 Å². The van der Waals surface area contributed by atoms with Gasteiger partial charge in [0, 0.05) is 16.1 Å². The summed E-state index contributed by atoms with van der Waals surface area (Å²) in [4.78, 5) is 16.1. The molecule has 0 aliphatic carbocycles. The summed E-state index contributed by atoms with van der Waals surface area (Å²) in [6.07, 6.45) is 1.64. The van der Waals surface area contributed by atoms with E-state index in [1.54, 1.807) is 6.07 Å². The van der Waals surface area contributed by atoms with Gasteiger partial charge in [0.1, 0.15) is 23.9 Å². The molecular formula is C21H17BrClF2N3O4. The molecule has 0 amide bonds. The van der Waals surface area contributed by atoms with E-state index in [1.165, 1.54) is 24.3 Å². The molecular weight excluding hydrogens is 512 g/mol. The third-order valence-corrected chi connectivity index (χ3v) is 5.40. The van der Waals surface area contributed by atoms with Crippen LogP contribution in [0.25, 0.3) is 17.1 Å². The maximum atomic E-state index is 14.6. The minimum Gasteiger partial charge on any atom is -0.460 e. The zero-order valence-electron chi connectivity index (χ0n) is 16.6. The summed E-state index contributed by atoms with van der Waals surface area (Å²) in [5.74, 6) is -1.95. The number of rotatable bonds is 7. The summed E-state index contributed by atoms with van der Waals surface area (Å²) in [6, 6.07) is 8.02. The van der Waals surface area contributed by atoms with E-state index in [9.17, 15) is 13.6 Å². The van der Waals surface area contributed by atoms with Gasteiger partial charge in [0.2, 0.25) is 0 Å². The molecule has 7 nitrogen and oxygen atoms in total. The molecule has 1 unspecified atom stereocenters. The van der Waals surface area contributed by atoms with Crippen molar-refractivity contribution in [1.82, 2.24) is 14.8 Å². The molecule has 32 heavy (non-hydrogen) atoms. The van der Waals surface area contributed by atoms with Crippen LogP contribution >= 0.6 is 27.5 Å². The van der Waals surface area contributed by atoms with Crippen LogP contribution in [0.1, 0.15) is 12.8 Å². The van der Waals surface area contributed by atoms with E-state index in [0.29, 0.717) is 11.1 Å². The fourth-order valence-electron chi connectivity index (χ4n) is 3.15. The standard InChI is InChI=1S/C21H17BrClF2N3O4/c22-12-3-5-15(16(24)8-12)20-26-21(27-28(20)18-6-4-13(23)9-17(18)25)32-11-19(29)31-10-14-2-1-7-30-14/h3-6,8-9,14H,1-2,7,10-11H2. The molecule has 0 radical (unpaired) electrons. The van der Waals surface area contributed by atoms with Crippen LogP contribution in [0.15, 0.2) is 40.9 Å². The van der Waals surface area contributed by atoms with Crippen molar-refractivity contribution < 1.29 is 27.8 Å². The van der Waals surface area contributed by atoms with Crippen molar-refractivity contribution in [3.63, 3.8) is 0 Å². The Hall–Kier alpha value is -2.56. The first kappa shape index (κ1) is 22.6. The Kier molecular flexibility index (Phi) is 7.02. The zero-order valence-corrected chi connectivity index (χ0v) is 18.9. The van der Waals surface area contributed by atoms with Gasteiger partial charge in [-0.1, -0.05) is 27.5 Å². The zero-order chi connectivity index (χ0) is 22.7. The van der Waals surface area contributed by atoms with E-state index in [4.69, 9.17) is 25.8 Å². The minimum absolute atomic E-state index is 0.0149. The number of nitrogens with zero attached hydrogens (tertiary/aromatic N) is 3. The Morgan fingerprint density at radius 3 is 2.81 bits per heavy atom. The van der Waals surface area contributed by atoms with Gasteiger partial charge in [-0.05, 0) is 49.2 Å². The highest BCUT2D eigenvalue weighted by Gasteiger charge is 2.22. The van der Waals surface area contributed by atoms with Crippen LogP contribution in [-0.4, -0.2) is 46.7 Å². The summed E-state index contributed by atoms with van der Waals surface area (Å²) in [6.45, 7) is 0.314. The van der Waals surface area contributed by atoms with E-state index in [2.05, 4.69) is 26.0 Å². The molecule has 1 saturated heterocycles. The average molecular weight is 529 g/mol. The SMILES string of the molecule is O=C(COc1nc(-c2ccc(Br)cc2F)n(-c2ccc(Cl)cc2F)n1)OCC1CCCO1. The first-order chi connectivity index (χ1) is 15.4. The number of ether oxygens (including phenoxy) is 3. The highest BCUT2D eigenvalue weighted by molar-refractivity contribution is 9.10. The third-order valence-electron chi connectivity index (χ3n) is 4.67. The Bertz CT molecular complexity index is 1070. The molecule has 0 spiro atoms. The summed E-state index contributed by atoms with van der Waals surface area (Å²) in [5.41, 5.74) is 0.0425. The Labute approximate surface area is 195 Å².